The van der Waals surface area contributed by atoms with Crippen LogP contribution in [0.3, 0.4) is 0 Å². The Morgan fingerprint density at radius 1 is 1.07 bits per heavy atom. The second-order valence-corrected chi connectivity index (χ2v) is 2.87. The van der Waals surface area contributed by atoms with Gasteiger partial charge in [-0.3, -0.25) is 0 Å². The van der Waals surface area contributed by atoms with Crippen LogP contribution >= 0.6 is 0 Å². The average Bonchev–Trinajstić information content (AvgIpc) is 2.22. The van der Waals surface area contributed by atoms with E-state index in [1.807, 2.05) is 32.1 Å². The van der Waals surface area contributed by atoms with Crippen molar-refractivity contribution in [3.8, 4) is 11.8 Å². The van der Waals surface area contributed by atoms with Crippen molar-refractivity contribution in [2.24, 2.45) is 0 Å². The fourth-order valence-electron chi connectivity index (χ4n) is 0.582. The Morgan fingerprint density at radius 3 is 2.14 bits per heavy atom. The number of allylic oxidation sites excluding steroid dienone is 7. The van der Waals surface area contributed by atoms with Gasteiger partial charge in [-0.2, -0.15) is 0 Å². The number of hydrogen-bond acceptors (Lipinski definition) is 0. The van der Waals surface area contributed by atoms with Crippen LogP contribution in [0.2, 0.25) is 0 Å². The summed E-state index contributed by atoms with van der Waals surface area (Å²) < 4.78 is 0. The highest BCUT2D eigenvalue weighted by Gasteiger charge is 1.81. The van der Waals surface area contributed by atoms with Crippen molar-refractivity contribution >= 4 is 0 Å². The third kappa shape index (κ3) is 5.85. The topological polar surface area (TPSA) is 0 Å². The second kappa shape index (κ2) is 6.74. The monoisotopic (exact) mass is 184 g/mol. The van der Waals surface area contributed by atoms with E-state index in [4.69, 9.17) is 0 Å². The van der Waals surface area contributed by atoms with E-state index in [-0.39, 0.29) is 0 Å². The maximum atomic E-state index is 3.80. The molecule has 0 bridgehead atoms. The summed E-state index contributed by atoms with van der Waals surface area (Å²) in [5.74, 6) is 5.72. The predicted octanol–water partition coefficient (Wildman–Crippen LogP) is 3.81. The van der Waals surface area contributed by atoms with Gasteiger partial charge in [0.05, 0.1) is 0 Å². The zero-order valence-corrected chi connectivity index (χ0v) is 8.93. The van der Waals surface area contributed by atoms with Gasteiger partial charge in [0.2, 0.25) is 0 Å². The summed E-state index contributed by atoms with van der Waals surface area (Å²) in [5.41, 5.74) is 2.67. The molecule has 0 aliphatic heterocycles. The molecule has 0 aliphatic carbocycles. The molecular weight excluding hydrogens is 168 g/mol. The zero-order chi connectivity index (χ0) is 11.0. The van der Waals surface area contributed by atoms with Crippen LogP contribution in [0.4, 0.5) is 0 Å². The predicted molar refractivity (Wildman–Crippen MR) is 64.8 cm³/mol. The summed E-state index contributed by atoms with van der Waals surface area (Å²) in [4.78, 5) is 0. The molecule has 0 aromatic heterocycles. The normalized spacial score (nSPS) is 10.6. The lowest BCUT2D eigenvalue weighted by molar-refractivity contribution is 1.47. The molecule has 0 saturated carbocycles. The van der Waals surface area contributed by atoms with Crippen LogP contribution in [0.25, 0.3) is 0 Å². The molecule has 0 heterocycles. The fraction of sp³-hybridized carbons (Fsp3) is 0.143. The molecule has 0 spiro atoms. The molecule has 0 aromatic carbocycles. The van der Waals surface area contributed by atoms with Gasteiger partial charge in [-0.25, -0.2) is 0 Å². The molecule has 0 fully saturated rings. The average molecular weight is 184 g/mol. The van der Waals surface area contributed by atoms with Crippen LogP contribution in [0, 0.1) is 11.8 Å². The minimum absolute atomic E-state index is 0.710. The van der Waals surface area contributed by atoms with Crippen LogP contribution in [0.5, 0.6) is 0 Å². The first-order chi connectivity index (χ1) is 6.60. The molecule has 0 rings (SSSR count). The van der Waals surface area contributed by atoms with Crippen molar-refractivity contribution in [3.05, 3.63) is 60.8 Å². The van der Waals surface area contributed by atoms with E-state index < -0.39 is 0 Å². The lowest BCUT2D eigenvalue weighted by atomic mass is 10.2. The smallest absolute Gasteiger partial charge is 0.0177 e. The van der Waals surface area contributed by atoms with Gasteiger partial charge >= 0.3 is 0 Å². The van der Waals surface area contributed by atoms with Crippen molar-refractivity contribution < 1.29 is 0 Å². The summed E-state index contributed by atoms with van der Waals surface area (Å²) in [6.07, 6.45) is 7.52. The molecule has 0 nitrogen and oxygen atoms in total. The third-order valence-corrected chi connectivity index (χ3v) is 1.63. The maximum Gasteiger partial charge on any atom is 0.0177 e. The second-order valence-electron chi connectivity index (χ2n) is 2.87. The Morgan fingerprint density at radius 2 is 1.64 bits per heavy atom. The van der Waals surface area contributed by atoms with Crippen molar-refractivity contribution in [2.45, 2.75) is 13.8 Å². The van der Waals surface area contributed by atoms with Crippen LogP contribution in [-0.2, 0) is 0 Å². The minimum Gasteiger partial charge on any atom is -0.0978 e. The molecule has 0 N–H and O–H groups in total. The number of hydrogen-bond donors (Lipinski definition) is 0. The van der Waals surface area contributed by atoms with Gasteiger partial charge in [0.25, 0.3) is 0 Å². The Kier molecular flexibility index (Phi) is 5.90. The number of rotatable bonds is 3. The SMILES string of the molecule is C=CC(=C)C#CC(=C)/C=C\C(C)=C\C. The van der Waals surface area contributed by atoms with Crippen molar-refractivity contribution in [1.29, 1.82) is 0 Å². The Hall–Kier alpha value is -1.74. The molecule has 0 aliphatic rings. The Balaban J connectivity index is 4.36. The van der Waals surface area contributed by atoms with Gasteiger partial charge in [-0.1, -0.05) is 55.4 Å². The summed E-state index contributed by atoms with van der Waals surface area (Å²) in [6.45, 7) is 15.1. The van der Waals surface area contributed by atoms with Gasteiger partial charge in [0.1, 0.15) is 0 Å². The van der Waals surface area contributed by atoms with Gasteiger partial charge < -0.3 is 0 Å². The molecule has 0 saturated heterocycles. The first kappa shape index (κ1) is 12.3. The molecule has 0 atom stereocenters. The largest absolute Gasteiger partial charge is 0.0978 e. The Labute approximate surface area is 87.0 Å². The third-order valence-electron chi connectivity index (χ3n) is 1.63. The van der Waals surface area contributed by atoms with Gasteiger partial charge in [0, 0.05) is 11.1 Å². The zero-order valence-electron chi connectivity index (χ0n) is 8.93. The van der Waals surface area contributed by atoms with Crippen molar-refractivity contribution in [2.75, 3.05) is 0 Å². The summed E-state index contributed by atoms with van der Waals surface area (Å²) >= 11 is 0. The van der Waals surface area contributed by atoms with Crippen molar-refractivity contribution in [3.63, 3.8) is 0 Å². The van der Waals surface area contributed by atoms with Crippen LogP contribution in [-0.4, -0.2) is 0 Å². The van der Waals surface area contributed by atoms with Gasteiger partial charge in [-0.05, 0) is 19.9 Å². The summed E-state index contributed by atoms with van der Waals surface area (Å²) in [7, 11) is 0. The molecule has 72 valence electrons. The van der Waals surface area contributed by atoms with E-state index in [0.717, 1.165) is 5.57 Å². The van der Waals surface area contributed by atoms with Crippen LogP contribution in [0.15, 0.2) is 60.8 Å². The summed E-state index contributed by atoms with van der Waals surface area (Å²) in [5, 5.41) is 0. The lowest BCUT2D eigenvalue weighted by Gasteiger charge is -1.88. The van der Waals surface area contributed by atoms with E-state index in [0.29, 0.717) is 5.57 Å². The molecule has 0 unspecified atom stereocenters. The van der Waals surface area contributed by atoms with E-state index in [9.17, 15) is 0 Å². The van der Waals surface area contributed by atoms with Gasteiger partial charge in [0.15, 0.2) is 0 Å². The quantitative estimate of drug-likeness (QED) is 0.462. The van der Waals surface area contributed by atoms with E-state index in [1.165, 1.54) is 5.57 Å². The molecule has 0 radical (unpaired) electrons. The standard InChI is InChI=1S/C14H16/c1-6-12(3)8-10-14(5)11-9-13(4)7-2/h6-7,9,11H,1,3,5H2,2,4H3/b11-9-,13-7+. The Bertz CT molecular complexity index is 351. The highest BCUT2D eigenvalue weighted by atomic mass is 13.9. The van der Waals surface area contributed by atoms with Gasteiger partial charge in [-0.15, -0.1) is 0 Å². The van der Waals surface area contributed by atoms with Crippen molar-refractivity contribution in [1.82, 2.24) is 0 Å². The summed E-state index contributed by atoms with van der Waals surface area (Å²) in [6, 6.07) is 0. The van der Waals surface area contributed by atoms with E-state index in [1.54, 1.807) is 6.08 Å². The molecule has 0 aromatic rings. The minimum atomic E-state index is 0.710. The van der Waals surface area contributed by atoms with E-state index in [2.05, 4.69) is 31.6 Å². The highest BCUT2D eigenvalue weighted by Crippen LogP contribution is 1.98. The fourth-order valence-corrected chi connectivity index (χ4v) is 0.582. The highest BCUT2D eigenvalue weighted by molar-refractivity contribution is 5.45. The maximum absolute atomic E-state index is 3.80. The molecular formula is C14H16. The molecule has 14 heavy (non-hydrogen) atoms. The first-order valence-electron chi connectivity index (χ1n) is 4.43. The van der Waals surface area contributed by atoms with E-state index >= 15 is 0 Å². The van der Waals surface area contributed by atoms with Crippen LogP contribution in [0.1, 0.15) is 13.8 Å². The van der Waals surface area contributed by atoms with Crippen LogP contribution < -0.4 is 0 Å². The molecule has 0 heteroatoms. The lowest BCUT2D eigenvalue weighted by Crippen LogP contribution is -1.71. The first-order valence-corrected chi connectivity index (χ1v) is 4.43. The molecule has 0 amide bonds.